The smallest absolute Gasteiger partial charge is 0.435 e. The number of aliphatic imine (C=N–C) groups is 1. The number of nitrogens with zero attached hydrogens (tertiary/aromatic N) is 1. The molecule has 4 N–H and O–H groups in total. The minimum absolute atomic E-state index is 0.0903. The van der Waals surface area contributed by atoms with Gasteiger partial charge in [-0.25, -0.2) is 4.79 Å². The zero-order valence-corrected chi connectivity index (χ0v) is 14.5. The van der Waals surface area contributed by atoms with E-state index in [9.17, 15) is 4.79 Å². The van der Waals surface area contributed by atoms with Crippen LogP contribution in [0.4, 0.5) is 4.79 Å². The maximum Gasteiger partial charge on any atom is 0.435 e. The second kappa shape index (κ2) is 10.9. The van der Waals surface area contributed by atoms with Gasteiger partial charge in [-0.05, 0) is 17.7 Å². The van der Waals surface area contributed by atoms with E-state index in [4.69, 9.17) is 25.7 Å². The first kappa shape index (κ1) is 19.4. The fraction of sp³-hybridized carbons (Fsp3) is 0.263. The van der Waals surface area contributed by atoms with Crippen molar-refractivity contribution in [3.63, 3.8) is 0 Å². The first-order valence-corrected chi connectivity index (χ1v) is 8.25. The molecule has 0 saturated heterocycles. The minimum atomic E-state index is -0.755. The van der Waals surface area contributed by atoms with Crippen molar-refractivity contribution in [1.82, 2.24) is 0 Å². The standard InChI is InChI=1S/C19H23N3O4/c20-14-15-6-8-16(9-7-15)18(21)22-19(23)26-13-11-24-10-12-25-17-4-2-1-3-5-17/h1-9H,10-14,20H2,(H2,21,22,23). The summed E-state index contributed by atoms with van der Waals surface area (Å²) in [5.74, 6) is 0.877. The van der Waals surface area contributed by atoms with E-state index in [0.717, 1.165) is 11.3 Å². The van der Waals surface area contributed by atoms with Crippen LogP contribution in [-0.2, 0) is 16.0 Å². The summed E-state index contributed by atoms with van der Waals surface area (Å²) in [5, 5.41) is 0. The zero-order chi connectivity index (χ0) is 18.6. The van der Waals surface area contributed by atoms with E-state index in [1.807, 2.05) is 42.5 Å². The van der Waals surface area contributed by atoms with Gasteiger partial charge in [-0.1, -0.05) is 42.5 Å². The number of carbonyl (C=O) groups excluding carboxylic acids is 1. The Kier molecular flexibility index (Phi) is 8.11. The van der Waals surface area contributed by atoms with Gasteiger partial charge >= 0.3 is 6.09 Å². The van der Waals surface area contributed by atoms with Crippen molar-refractivity contribution in [2.24, 2.45) is 16.5 Å². The van der Waals surface area contributed by atoms with Gasteiger partial charge in [0.1, 0.15) is 24.8 Å². The highest BCUT2D eigenvalue weighted by Crippen LogP contribution is 2.07. The Bertz CT molecular complexity index is 702. The molecule has 1 amide bonds. The van der Waals surface area contributed by atoms with E-state index in [2.05, 4.69) is 4.99 Å². The number of rotatable bonds is 9. The summed E-state index contributed by atoms with van der Waals surface area (Å²) in [5.41, 5.74) is 12.9. The first-order chi connectivity index (χ1) is 12.7. The van der Waals surface area contributed by atoms with E-state index >= 15 is 0 Å². The summed E-state index contributed by atoms with van der Waals surface area (Å²) in [4.78, 5) is 15.3. The van der Waals surface area contributed by atoms with Crippen molar-refractivity contribution >= 4 is 11.9 Å². The van der Waals surface area contributed by atoms with E-state index in [0.29, 0.717) is 25.3 Å². The van der Waals surface area contributed by atoms with Crippen LogP contribution in [-0.4, -0.2) is 38.4 Å². The van der Waals surface area contributed by atoms with Gasteiger partial charge in [-0.3, -0.25) is 0 Å². The SMILES string of the molecule is NCc1ccc(C(N)=NC(=O)OCCOCCOc2ccccc2)cc1. The summed E-state index contributed by atoms with van der Waals surface area (Å²) >= 11 is 0. The van der Waals surface area contributed by atoms with E-state index in [1.54, 1.807) is 12.1 Å². The molecule has 26 heavy (non-hydrogen) atoms. The Morgan fingerprint density at radius 2 is 1.62 bits per heavy atom. The number of benzene rings is 2. The molecule has 138 valence electrons. The Labute approximate surface area is 152 Å². The van der Waals surface area contributed by atoms with Crippen LogP contribution in [0, 0.1) is 0 Å². The number of ether oxygens (including phenoxy) is 3. The van der Waals surface area contributed by atoms with Crippen molar-refractivity contribution in [2.75, 3.05) is 26.4 Å². The molecule has 0 saturated carbocycles. The molecule has 0 unspecified atom stereocenters. The lowest BCUT2D eigenvalue weighted by Crippen LogP contribution is -2.18. The van der Waals surface area contributed by atoms with Gasteiger partial charge in [0.25, 0.3) is 0 Å². The fourth-order valence-electron chi connectivity index (χ4n) is 2.03. The average molecular weight is 357 g/mol. The summed E-state index contributed by atoms with van der Waals surface area (Å²) in [7, 11) is 0. The molecule has 7 nitrogen and oxygen atoms in total. The number of hydrogen-bond acceptors (Lipinski definition) is 5. The largest absolute Gasteiger partial charge is 0.491 e. The summed E-state index contributed by atoms with van der Waals surface area (Å²) in [6.45, 7) is 1.60. The van der Waals surface area contributed by atoms with Gasteiger partial charge in [-0.15, -0.1) is 0 Å². The van der Waals surface area contributed by atoms with Crippen molar-refractivity contribution in [3.05, 3.63) is 65.7 Å². The Morgan fingerprint density at radius 1 is 0.923 bits per heavy atom. The third kappa shape index (κ3) is 6.92. The zero-order valence-electron chi connectivity index (χ0n) is 14.5. The third-order valence-corrected chi connectivity index (χ3v) is 3.39. The van der Waals surface area contributed by atoms with Gasteiger partial charge in [0.2, 0.25) is 0 Å². The van der Waals surface area contributed by atoms with Crippen LogP contribution in [0.5, 0.6) is 5.75 Å². The number of hydrogen-bond donors (Lipinski definition) is 2. The molecule has 2 aromatic rings. The van der Waals surface area contributed by atoms with Gasteiger partial charge in [0, 0.05) is 12.1 Å². The van der Waals surface area contributed by atoms with E-state index < -0.39 is 6.09 Å². The Morgan fingerprint density at radius 3 is 2.31 bits per heavy atom. The molecule has 7 heteroatoms. The molecule has 0 aromatic heterocycles. The van der Waals surface area contributed by atoms with E-state index in [-0.39, 0.29) is 19.0 Å². The summed E-state index contributed by atoms with van der Waals surface area (Å²) in [6, 6.07) is 16.6. The number of para-hydroxylation sites is 1. The van der Waals surface area contributed by atoms with Gasteiger partial charge in [0.05, 0.1) is 13.2 Å². The minimum Gasteiger partial charge on any atom is -0.491 e. The fourth-order valence-corrected chi connectivity index (χ4v) is 2.03. The molecule has 0 spiro atoms. The molecule has 2 rings (SSSR count). The lowest BCUT2D eigenvalue weighted by molar-refractivity contribution is 0.0606. The molecule has 0 aliphatic heterocycles. The molecule has 0 atom stereocenters. The molecule has 0 radical (unpaired) electrons. The topological polar surface area (TPSA) is 109 Å². The van der Waals surface area contributed by atoms with Crippen LogP contribution in [0.1, 0.15) is 11.1 Å². The highest BCUT2D eigenvalue weighted by atomic mass is 16.6. The van der Waals surface area contributed by atoms with E-state index in [1.165, 1.54) is 0 Å². The highest BCUT2D eigenvalue weighted by molar-refractivity contribution is 6.02. The number of nitrogens with two attached hydrogens (primary N) is 2. The molecule has 2 aromatic carbocycles. The molecule has 0 bridgehead atoms. The van der Waals surface area contributed by atoms with Crippen LogP contribution in [0.15, 0.2) is 59.6 Å². The lowest BCUT2D eigenvalue weighted by atomic mass is 10.1. The average Bonchev–Trinajstić information content (AvgIpc) is 2.68. The van der Waals surface area contributed by atoms with Crippen LogP contribution in [0.3, 0.4) is 0 Å². The summed E-state index contributed by atoms with van der Waals surface area (Å²) in [6.07, 6.45) is -0.755. The predicted molar refractivity (Wildman–Crippen MR) is 99.2 cm³/mol. The normalized spacial score (nSPS) is 11.2. The molecular weight excluding hydrogens is 334 g/mol. The van der Waals surface area contributed by atoms with Gasteiger partial charge in [0.15, 0.2) is 0 Å². The van der Waals surface area contributed by atoms with Crippen molar-refractivity contribution in [3.8, 4) is 5.75 Å². The number of amidine groups is 1. The van der Waals surface area contributed by atoms with Crippen LogP contribution < -0.4 is 16.2 Å². The van der Waals surface area contributed by atoms with Crippen LogP contribution >= 0.6 is 0 Å². The Balaban J connectivity index is 1.60. The molecule has 0 aliphatic rings. The Hall–Kier alpha value is -2.90. The maximum atomic E-state index is 11.6. The maximum absolute atomic E-state index is 11.6. The second-order valence-electron chi connectivity index (χ2n) is 5.29. The van der Waals surface area contributed by atoms with Crippen molar-refractivity contribution in [2.45, 2.75) is 6.54 Å². The highest BCUT2D eigenvalue weighted by Gasteiger charge is 2.04. The van der Waals surface area contributed by atoms with Crippen molar-refractivity contribution < 1.29 is 19.0 Å². The van der Waals surface area contributed by atoms with Crippen molar-refractivity contribution in [1.29, 1.82) is 0 Å². The lowest BCUT2D eigenvalue weighted by Gasteiger charge is -2.07. The quantitative estimate of drug-likeness (QED) is 0.404. The first-order valence-electron chi connectivity index (χ1n) is 8.25. The predicted octanol–water partition coefficient (Wildman–Crippen LogP) is 2.08. The summed E-state index contributed by atoms with van der Waals surface area (Å²) < 4.78 is 15.8. The van der Waals surface area contributed by atoms with Gasteiger partial charge in [-0.2, -0.15) is 4.99 Å². The molecular formula is C19H23N3O4. The third-order valence-electron chi connectivity index (χ3n) is 3.39. The molecule has 0 heterocycles. The molecule has 0 fully saturated rings. The number of carbonyl (C=O) groups is 1. The number of amides is 1. The second-order valence-corrected chi connectivity index (χ2v) is 5.29. The molecule has 0 aliphatic carbocycles. The van der Waals surface area contributed by atoms with Crippen LogP contribution in [0.2, 0.25) is 0 Å². The monoisotopic (exact) mass is 357 g/mol. The van der Waals surface area contributed by atoms with Crippen LogP contribution in [0.25, 0.3) is 0 Å². The van der Waals surface area contributed by atoms with Gasteiger partial charge < -0.3 is 25.7 Å².